The van der Waals surface area contributed by atoms with Crippen LogP contribution in [0.2, 0.25) is 0 Å². The fourth-order valence-corrected chi connectivity index (χ4v) is 3.99. The summed E-state index contributed by atoms with van der Waals surface area (Å²) in [5, 5.41) is 2.88. The number of benzene rings is 3. The lowest BCUT2D eigenvalue weighted by atomic mass is 9.95. The summed E-state index contributed by atoms with van der Waals surface area (Å²) >= 11 is 3.48. The number of amides is 2. The summed E-state index contributed by atoms with van der Waals surface area (Å²) in [7, 11) is 0. The number of aryl methyl sites for hydroxylation is 1. The maximum atomic E-state index is 13.6. The zero-order valence-electron chi connectivity index (χ0n) is 15.7. The molecule has 29 heavy (non-hydrogen) atoms. The van der Waals surface area contributed by atoms with Crippen molar-refractivity contribution in [2.45, 2.75) is 13.0 Å². The first kappa shape index (κ1) is 19.3. The van der Waals surface area contributed by atoms with Gasteiger partial charge in [-0.25, -0.2) is 4.39 Å². The molecule has 0 radical (unpaired) electrons. The van der Waals surface area contributed by atoms with Crippen LogP contribution >= 0.6 is 15.9 Å². The Bertz CT molecular complexity index is 1100. The van der Waals surface area contributed by atoms with Crippen LogP contribution in [0.1, 0.15) is 33.1 Å². The minimum Gasteiger partial charge on any atom is -0.324 e. The predicted octanol–water partition coefficient (Wildman–Crippen LogP) is 5.08. The first-order valence-electron chi connectivity index (χ1n) is 9.15. The van der Waals surface area contributed by atoms with Gasteiger partial charge in [-0.2, -0.15) is 0 Å². The topological polar surface area (TPSA) is 49.4 Å². The smallest absolute Gasteiger partial charge is 0.255 e. The highest BCUT2D eigenvalue weighted by Gasteiger charge is 2.34. The molecule has 0 bridgehead atoms. The molecule has 1 heterocycles. The second-order valence-electron chi connectivity index (χ2n) is 7.04. The van der Waals surface area contributed by atoms with Crippen molar-refractivity contribution >= 4 is 33.4 Å². The zero-order valence-corrected chi connectivity index (χ0v) is 17.2. The van der Waals surface area contributed by atoms with Gasteiger partial charge in [-0.15, -0.1) is 0 Å². The van der Waals surface area contributed by atoms with Gasteiger partial charge in [0.1, 0.15) is 12.4 Å². The van der Waals surface area contributed by atoms with Crippen molar-refractivity contribution in [1.82, 2.24) is 4.90 Å². The Morgan fingerprint density at radius 1 is 1.10 bits per heavy atom. The van der Waals surface area contributed by atoms with Gasteiger partial charge in [0.15, 0.2) is 0 Å². The molecule has 4 nitrogen and oxygen atoms in total. The fourth-order valence-electron chi connectivity index (χ4n) is 3.61. The van der Waals surface area contributed by atoms with E-state index in [-0.39, 0.29) is 24.2 Å². The van der Waals surface area contributed by atoms with E-state index in [2.05, 4.69) is 21.2 Å². The van der Waals surface area contributed by atoms with Crippen LogP contribution in [-0.2, 0) is 4.79 Å². The second-order valence-corrected chi connectivity index (χ2v) is 7.95. The molecular weight excluding hydrogens is 435 g/mol. The standard InChI is InChI=1S/C23H18BrFN2O2/c1-14-3-2-4-16(11-14)23(29)27-13-21(28)26-20-10-7-17(24)12-19(20)22(27)15-5-8-18(25)9-6-15/h2-12,22H,13H2,1H3,(H,26,28)/t22-/m0/s1. The third-order valence-electron chi connectivity index (χ3n) is 4.92. The maximum Gasteiger partial charge on any atom is 0.255 e. The van der Waals surface area contributed by atoms with Gasteiger partial charge in [0.25, 0.3) is 5.91 Å². The quantitative estimate of drug-likeness (QED) is 0.589. The fraction of sp³-hybridized carbons (Fsp3) is 0.130. The molecule has 146 valence electrons. The molecule has 3 aromatic carbocycles. The number of halogens is 2. The molecule has 1 aliphatic rings. The Labute approximate surface area is 176 Å². The molecule has 3 aromatic rings. The van der Waals surface area contributed by atoms with E-state index >= 15 is 0 Å². The van der Waals surface area contributed by atoms with Crippen LogP contribution in [-0.4, -0.2) is 23.3 Å². The summed E-state index contributed by atoms with van der Waals surface area (Å²) in [6.07, 6.45) is 0. The van der Waals surface area contributed by atoms with Gasteiger partial charge in [0.05, 0.1) is 6.04 Å². The van der Waals surface area contributed by atoms with E-state index < -0.39 is 6.04 Å². The first-order valence-corrected chi connectivity index (χ1v) is 9.94. The van der Waals surface area contributed by atoms with E-state index in [1.54, 1.807) is 30.3 Å². The van der Waals surface area contributed by atoms with Crippen LogP contribution in [0.15, 0.2) is 71.2 Å². The van der Waals surface area contributed by atoms with Crippen LogP contribution in [0.4, 0.5) is 10.1 Å². The summed E-state index contributed by atoms with van der Waals surface area (Å²) in [4.78, 5) is 27.6. The highest BCUT2D eigenvalue weighted by Crippen LogP contribution is 2.38. The molecule has 0 aliphatic carbocycles. The Morgan fingerprint density at radius 3 is 2.59 bits per heavy atom. The van der Waals surface area contributed by atoms with Gasteiger partial charge in [-0.05, 0) is 55.0 Å². The zero-order chi connectivity index (χ0) is 20.5. The molecule has 0 spiro atoms. The van der Waals surface area contributed by atoms with E-state index in [9.17, 15) is 14.0 Å². The van der Waals surface area contributed by atoms with Crippen molar-refractivity contribution in [2.75, 3.05) is 11.9 Å². The predicted molar refractivity (Wildman–Crippen MR) is 113 cm³/mol. The monoisotopic (exact) mass is 452 g/mol. The number of hydrogen-bond acceptors (Lipinski definition) is 2. The number of rotatable bonds is 2. The maximum absolute atomic E-state index is 13.6. The first-order chi connectivity index (χ1) is 13.9. The summed E-state index contributed by atoms with van der Waals surface area (Å²) in [5.41, 5.74) is 3.58. The number of hydrogen-bond donors (Lipinski definition) is 1. The van der Waals surface area contributed by atoms with E-state index in [0.717, 1.165) is 21.2 Å². The number of nitrogens with zero attached hydrogens (tertiary/aromatic N) is 1. The van der Waals surface area contributed by atoms with Crippen LogP contribution in [0, 0.1) is 12.7 Å². The lowest BCUT2D eigenvalue weighted by Crippen LogP contribution is -2.39. The van der Waals surface area contributed by atoms with Gasteiger partial charge in [-0.3, -0.25) is 9.59 Å². The largest absolute Gasteiger partial charge is 0.324 e. The molecule has 1 aliphatic heterocycles. The van der Waals surface area contributed by atoms with Crippen LogP contribution in [0.3, 0.4) is 0 Å². The molecule has 0 aromatic heterocycles. The third-order valence-corrected chi connectivity index (χ3v) is 5.41. The second kappa shape index (κ2) is 7.79. The number of carbonyl (C=O) groups is 2. The van der Waals surface area contributed by atoms with Gasteiger partial charge in [0, 0.05) is 21.3 Å². The van der Waals surface area contributed by atoms with E-state index in [4.69, 9.17) is 0 Å². The molecule has 0 saturated heterocycles. The average molecular weight is 453 g/mol. The summed E-state index contributed by atoms with van der Waals surface area (Å²) in [6.45, 7) is 1.80. The van der Waals surface area contributed by atoms with Crippen LogP contribution in [0.5, 0.6) is 0 Å². The van der Waals surface area contributed by atoms with Gasteiger partial charge in [0.2, 0.25) is 5.91 Å². The number of nitrogens with one attached hydrogen (secondary N) is 1. The average Bonchev–Trinajstić information content (AvgIpc) is 2.84. The number of carbonyl (C=O) groups excluding carboxylic acids is 2. The Balaban J connectivity index is 1.90. The normalized spacial score (nSPS) is 16.0. The SMILES string of the molecule is Cc1cccc(C(=O)N2CC(=O)Nc3ccc(Br)cc3[C@@H]2c2ccc(F)cc2)c1. The summed E-state index contributed by atoms with van der Waals surface area (Å²) in [6, 6.07) is 18.3. The van der Waals surface area contributed by atoms with Crippen molar-refractivity contribution in [3.8, 4) is 0 Å². The Hall–Kier alpha value is -2.99. The van der Waals surface area contributed by atoms with Crippen molar-refractivity contribution in [2.24, 2.45) is 0 Å². The summed E-state index contributed by atoms with van der Waals surface area (Å²) < 4.78 is 14.4. The van der Waals surface area contributed by atoms with Crippen molar-refractivity contribution in [3.63, 3.8) is 0 Å². The molecule has 6 heteroatoms. The Morgan fingerprint density at radius 2 is 1.86 bits per heavy atom. The summed E-state index contributed by atoms with van der Waals surface area (Å²) in [5.74, 6) is -0.896. The number of anilines is 1. The molecule has 1 atom stereocenters. The van der Waals surface area contributed by atoms with Crippen molar-refractivity contribution < 1.29 is 14.0 Å². The van der Waals surface area contributed by atoms with Crippen molar-refractivity contribution in [3.05, 3.63) is 99.3 Å². The van der Waals surface area contributed by atoms with E-state index in [1.807, 2.05) is 31.2 Å². The van der Waals surface area contributed by atoms with Crippen LogP contribution in [0.25, 0.3) is 0 Å². The van der Waals surface area contributed by atoms with Crippen LogP contribution < -0.4 is 5.32 Å². The van der Waals surface area contributed by atoms with E-state index in [0.29, 0.717) is 11.3 Å². The third kappa shape index (κ3) is 3.93. The molecular formula is C23H18BrFN2O2. The molecule has 2 amide bonds. The van der Waals surface area contributed by atoms with Gasteiger partial charge >= 0.3 is 0 Å². The van der Waals surface area contributed by atoms with Crippen molar-refractivity contribution in [1.29, 1.82) is 0 Å². The van der Waals surface area contributed by atoms with Gasteiger partial charge in [-0.1, -0.05) is 45.8 Å². The minimum atomic E-state index is -0.546. The van der Waals surface area contributed by atoms with E-state index in [1.165, 1.54) is 17.0 Å². The minimum absolute atomic E-state index is 0.110. The van der Waals surface area contributed by atoms with Gasteiger partial charge < -0.3 is 10.2 Å². The lowest BCUT2D eigenvalue weighted by molar-refractivity contribution is -0.117. The highest BCUT2D eigenvalue weighted by molar-refractivity contribution is 9.10. The number of fused-ring (bicyclic) bond motifs is 1. The molecule has 1 N–H and O–H groups in total. The molecule has 4 rings (SSSR count). The highest BCUT2D eigenvalue weighted by atomic mass is 79.9. The molecule has 0 fully saturated rings. The molecule has 0 unspecified atom stereocenters. The lowest BCUT2D eigenvalue weighted by Gasteiger charge is -2.31. The Kier molecular flexibility index (Phi) is 5.20. The molecule has 0 saturated carbocycles.